The molecule has 1 aliphatic carbocycles. The average Bonchev–Trinajstić information content (AvgIpc) is 2.92. The van der Waals surface area contributed by atoms with E-state index in [9.17, 15) is 0 Å². The normalized spacial score (nSPS) is 17.8. The third-order valence-corrected chi connectivity index (χ3v) is 3.21. The third kappa shape index (κ3) is 2.92. The quantitative estimate of drug-likeness (QED) is 0.832. The number of rotatable bonds is 6. The lowest BCUT2D eigenvalue weighted by atomic mass is 10.1. The topological polar surface area (TPSA) is 47.0 Å². The van der Waals surface area contributed by atoms with Crippen molar-refractivity contribution in [3.63, 3.8) is 0 Å². The Labute approximate surface area is 101 Å². The van der Waals surface area contributed by atoms with E-state index in [4.69, 9.17) is 4.74 Å². The van der Waals surface area contributed by atoms with Crippen molar-refractivity contribution < 1.29 is 4.74 Å². The molecule has 5 heteroatoms. The van der Waals surface area contributed by atoms with Gasteiger partial charge in [-0.05, 0) is 25.7 Å². The molecule has 0 saturated heterocycles. The Hall–Kier alpha value is -0.680. The Bertz CT molecular complexity index is 336. The maximum atomic E-state index is 5.68. The average molecular weight is 241 g/mol. The van der Waals surface area contributed by atoms with Crippen LogP contribution in [0.15, 0.2) is 0 Å². The van der Waals surface area contributed by atoms with Gasteiger partial charge in [0.25, 0.3) is 0 Å². The smallest absolute Gasteiger partial charge is 0.202 e. The number of nitrogens with one attached hydrogen (secondary N) is 1. The van der Waals surface area contributed by atoms with Gasteiger partial charge in [-0.3, -0.25) is 0 Å². The van der Waals surface area contributed by atoms with E-state index >= 15 is 0 Å². The van der Waals surface area contributed by atoms with Gasteiger partial charge in [0, 0.05) is 24.2 Å². The van der Waals surface area contributed by atoms with Crippen molar-refractivity contribution in [3.8, 4) is 0 Å². The van der Waals surface area contributed by atoms with Gasteiger partial charge < -0.3 is 10.1 Å². The van der Waals surface area contributed by atoms with Crippen molar-refractivity contribution in [2.24, 2.45) is 5.92 Å². The van der Waals surface area contributed by atoms with Gasteiger partial charge in [0.1, 0.15) is 6.10 Å². The van der Waals surface area contributed by atoms with Gasteiger partial charge >= 0.3 is 0 Å². The lowest BCUT2D eigenvalue weighted by molar-refractivity contribution is 0.0241. The summed E-state index contributed by atoms with van der Waals surface area (Å²) in [6.07, 6.45) is 2.54. The predicted octanol–water partition coefficient (Wildman–Crippen LogP) is 2.85. The van der Waals surface area contributed by atoms with Gasteiger partial charge in [-0.1, -0.05) is 13.8 Å². The Kier molecular flexibility index (Phi) is 3.76. The minimum Gasteiger partial charge on any atom is -0.370 e. The van der Waals surface area contributed by atoms with Crippen LogP contribution in [0.1, 0.15) is 45.5 Å². The minimum atomic E-state index is 0.0241. The molecule has 1 unspecified atom stereocenters. The van der Waals surface area contributed by atoms with Crippen LogP contribution in [0.5, 0.6) is 0 Å². The summed E-state index contributed by atoms with van der Waals surface area (Å²) >= 11 is 1.44. The number of nitrogens with zero attached hydrogens (tertiary/aromatic N) is 2. The molecule has 0 bridgehead atoms. The van der Waals surface area contributed by atoms with Crippen LogP contribution in [-0.4, -0.2) is 22.0 Å². The highest BCUT2D eigenvalue weighted by molar-refractivity contribution is 7.09. The summed E-state index contributed by atoms with van der Waals surface area (Å²) in [6, 6.07) is 0.630. The molecule has 90 valence electrons. The maximum Gasteiger partial charge on any atom is 0.202 e. The molecule has 16 heavy (non-hydrogen) atoms. The molecule has 0 amide bonds. The number of aromatic nitrogens is 2. The summed E-state index contributed by atoms with van der Waals surface area (Å²) in [4.78, 5) is 4.50. The number of anilines is 1. The molecule has 1 atom stereocenters. The standard InChI is InChI=1S/C11H19N3OS/c1-4-15-9(7(2)3)10-13-11(16-14-10)12-8-5-6-8/h7-9H,4-6H2,1-3H3,(H,12,13,14). The number of hydrogen-bond acceptors (Lipinski definition) is 5. The Balaban J connectivity index is 2.02. The lowest BCUT2D eigenvalue weighted by Gasteiger charge is -2.17. The molecule has 1 aromatic heterocycles. The van der Waals surface area contributed by atoms with Crippen LogP contribution >= 0.6 is 11.5 Å². The summed E-state index contributed by atoms with van der Waals surface area (Å²) in [5.41, 5.74) is 0. The van der Waals surface area contributed by atoms with E-state index in [1.807, 2.05) is 6.92 Å². The van der Waals surface area contributed by atoms with Crippen LogP contribution < -0.4 is 5.32 Å². The fourth-order valence-electron chi connectivity index (χ4n) is 1.56. The SMILES string of the molecule is CCOC(c1nsc(NC2CC2)n1)C(C)C. The van der Waals surface area contributed by atoms with Crippen LogP contribution in [0.4, 0.5) is 5.13 Å². The monoisotopic (exact) mass is 241 g/mol. The molecule has 2 rings (SSSR count). The molecule has 0 radical (unpaired) electrons. The first-order valence-corrected chi connectivity index (χ1v) is 6.69. The molecule has 1 fully saturated rings. The highest BCUT2D eigenvalue weighted by Crippen LogP contribution is 2.29. The van der Waals surface area contributed by atoms with Gasteiger partial charge in [0.2, 0.25) is 5.13 Å². The van der Waals surface area contributed by atoms with Crippen molar-refractivity contribution in [2.45, 2.75) is 45.8 Å². The molecule has 4 nitrogen and oxygen atoms in total. The van der Waals surface area contributed by atoms with E-state index in [1.54, 1.807) is 0 Å². The summed E-state index contributed by atoms with van der Waals surface area (Å²) in [5, 5.41) is 4.29. The van der Waals surface area contributed by atoms with E-state index < -0.39 is 0 Å². The highest BCUT2D eigenvalue weighted by Gasteiger charge is 2.25. The van der Waals surface area contributed by atoms with Crippen LogP contribution in [0.25, 0.3) is 0 Å². The zero-order valence-electron chi connectivity index (χ0n) is 10.1. The highest BCUT2D eigenvalue weighted by atomic mass is 32.1. The van der Waals surface area contributed by atoms with E-state index in [-0.39, 0.29) is 6.10 Å². The first-order chi connectivity index (χ1) is 7.70. The van der Waals surface area contributed by atoms with Crippen molar-refractivity contribution in [2.75, 3.05) is 11.9 Å². The summed E-state index contributed by atoms with van der Waals surface area (Å²) in [7, 11) is 0. The lowest BCUT2D eigenvalue weighted by Crippen LogP contribution is -2.13. The molecular weight excluding hydrogens is 222 g/mol. The second-order valence-corrected chi connectivity index (χ2v) is 5.25. The van der Waals surface area contributed by atoms with Gasteiger partial charge in [-0.25, -0.2) is 4.98 Å². The molecule has 1 saturated carbocycles. The van der Waals surface area contributed by atoms with E-state index in [0.29, 0.717) is 18.6 Å². The van der Waals surface area contributed by atoms with Gasteiger partial charge in [0.15, 0.2) is 5.82 Å². The molecular formula is C11H19N3OS. The molecule has 0 aliphatic heterocycles. The maximum absolute atomic E-state index is 5.68. The first-order valence-electron chi connectivity index (χ1n) is 5.92. The summed E-state index contributed by atoms with van der Waals surface area (Å²) in [6.45, 7) is 6.98. The third-order valence-electron chi connectivity index (χ3n) is 2.55. The Morgan fingerprint density at radius 3 is 2.81 bits per heavy atom. The molecule has 1 aromatic rings. The largest absolute Gasteiger partial charge is 0.370 e. The van der Waals surface area contributed by atoms with Crippen molar-refractivity contribution >= 4 is 16.7 Å². The molecule has 0 spiro atoms. The predicted molar refractivity (Wildman–Crippen MR) is 65.8 cm³/mol. The fourth-order valence-corrected chi connectivity index (χ4v) is 2.23. The molecule has 1 aliphatic rings. The van der Waals surface area contributed by atoms with Crippen molar-refractivity contribution in [3.05, 3.63) is 5.82 Å². The Morgan fingerprint density at radius 1 is 1.50 bits per heavy atom. The van der Waals surface area contributed by atoms with E-state index in [0.717, 1.165) is 11.0 Å². The number of ether oxygens (including phenoxy) is 1. The van der Waals surface area contributed by atoms with Gasteiger partial charge in [0.05, 0.1) is 0 Å². The Morgan fingerprint density at radius 2 is 2.25 bits per heavy atom. The first kappa shape index (κ1) is 11.8. The summed E-state index contributed by atoms with van der Waals surface area (Å²) in [5.74, 6) is 1.23. The molecule has 0 aromatic carbocycles. The van der Waals surface area contributed by atoms with Crippen molar-refractivity contribution in [1.29, 1.82) is 0 Å². The zero-order valence-corrected chi connectivity index (χ0v) is 10.9. The van der Waals surface area contributed by atoms with Gasteiger partial charge in [-0.15, -0.1) is 0 Å². The van der Waals surface area contributed by atoms with Crippen LogP contribution in [0.2, 0.25) is 0 Å². The molecule has 1 heterocycles. The number of hydrogen-bond donors (Lipinski definition) is 1. The van der Waals surface area contributed by atoms with Crippen LogP contribution in [-0.2, 0) is 4.74 Å². The summed E-state index contributed by atoms with van der Waals surface area (Å²) < 4.78 is 10.1. The van der Waals surface area contributed by atoms with Crippen LogP contribution in [0.3, 0.4) is 0 Å². The van der Waals surface area contributed by atoms with Gasteiger partial charge in [-0.2, -0.15) is 4.37 Å². The minimum absolute atomic E-state index is 0.0241. The second kappa shape index (κ2) is 5.10. The van der Waals surface area contributed by atoms with E-state index in [1.165, 1.54) is 24.4 Å². The second-order valence-electron chi connectivity index (χ2n) is 4.50. The van der Waals surface area contributed by atoms with Crippen LogP contribution in [0, 0.1) is 5.92 Å². The zero-order chi connectivity index (χ0) is 11.5. The van der Waals surface area contributed by atoms with Crippen molar-refractivity contribution in [1.82, 2.24) is 9.36 Å². The molecule has 1 N–H and O–H groups in total. The van der Waals surface area contributed by atoms with E-state index in [2.05, 4.69) is 28.5 Å². The fraction of sp³-hybridized carbons (Fsp3) is 0.818.